The van der Waals surface area contributed by atoms with Gasteiger partial charge in [0, 0.05) is 12.2 Å². The van der Waals surface area contributed by atoms with E-state index in [0.29, 0.717) is 6.54 Å². The second kappa shape index (κ2) is 8.47. The average Bonchev–Trinajstić information content (AvgIpc) is 2.69. The van der Waals surface area contributed by atoms with Crippen molar-refractivity contribution in [3.63, 3.8) is 0 Å². The maximum absolute atomic E-state index is 13.1. The van der Waals surface area contributed by atoms with Crippen LogP contribution in [0.4, 0.5) is 5.69 Å². The summed E-state index contributed by atoms with van der Waals surface area (Å²) in [4.78, 5) is 15.1. The fourth-order valence-electron chi connectivity index (χ4n) is 3.65. The minimum atomic E-state index is -0.581. The Labute approximate surface area is 162 Å². The first kappa shape index (κ1) is 19.3. The molecule has 0 aromatic heterocycles. The smallest absolute Gasteiger partial charge is 0.258 e. The van der Waals surface area contributed by atoms with Gasteiger partial charge in [0.05, 0.1) is 12.2 Å². The summed E-state index contributed by atoms with van der Waals surface area (Å²) in [7, 11) is 0. The monoisotopic (exact) mass is 366 g/mol. The second-order valence-corrected chi connectivity index (χ2v) is 7.28. The van der Waals surface area contributed by atoms with E-state index in [1.54, 1.807) is 0 Å². The largest absolute Gasteiger partial charge is 0.494 e. The lowest BCUT2D eigenvalue weighted by Crippen LogP contribution is -2.56. The van der Waals surface area contributed by atoms with E-state index in [2.05, 4.69) is 38.2 Å². The highest BCUT2D eigenvalue weighted by atomic mass is 16.5. The molecule has 27 heavy (non-hydrogen) atoms. The van der Waals surface area contributed by atoms with Crippen LogP contribution in [-0.4, -0.2) is 24.0 Å². The van der Waals surface area contributed by atoms with E-state index in [1.807, 2.05) is 41.3 Å². The van der Waals surface area contributed by atoms with Crippen molar-refractivity contribution in [2.75, 3.05) is 18.5 Å². The van der Waals surface area contributed by atoms with Crippen molar-refractivity contribution in [2.24, 2.45) is 0 Å². The van der Waals surface area contributed by atoms with E-state index in [-0.39, 0.29) is 5.91 Å². The number of nitrogens with one attached hydrogen (secondary N) is 1. The van der Waals surface area contributed by atoms with Crippen LogP contribution in [-0.2, 0) is 5.66 Å². The Bertz CT molecular complexity index is 772. The fourth-order valence-corrected chi connectivity index (χ4v) is 3.65. The number of rotatable bonds is 8. The van der Waals surface area contributed by atoms with Gasteiger partial charge in [0.1, 0.15) is 11.4 Å². The zero-order valence-electron chi connectivity index (χ0n) is 16.6. The number of benzene rings is 2. The summed E-state index contributed by atoms with van der Waals surface area (Å²) >= 11 is 0. The first-order chi connectivity index (χ1) is 13.1. The predicted octanol–water partition coefficient (Wildman–Crippen LogP) is 5.41. The van der Waals surface area contributed by atoms with E-state index < -0.39 is 5.66 Å². The normalized spacial score (nSPS) is 18.8. The molecule has 0 saturated heterocycles. The highest BCUT2D eigenvalue weighted by Gasteiger charge is 2.41. The fraction of sp³-hybridized carbons (Fsp3) is 0.435. The third-order valence-electron chi connectivity index (χ3n) is 5.20. The number of carbonyl (C=O) groups excluding carboxylic acids is 1. The molecule has 1 unspecified atom stereocenters. The number of para-hydroxylation sites is 1. The molecule has 4 heteroatoms. The standard InChI is InChI=1S/C23H30N2O2/c1-4-6-9-17-27-19-14-12-18(13-15-19)23(3)24-21-11-8-7-10-20(21)22(26)25(23)16-5-2/h7-8,10-15,24H,4-6,9,16-17H2,1-3H3. The topological polar surface area (TPSA) is 41.6 Å². The zero-order chi connectivity index (χ0) is 19.3. The summed E-state index contributed by atoms with van der Waals surface area (Å²) in [5.74, 6) is 0.955. The lowest BCUT2D eigenvalue weighted by atomic mass is 9.93. The van der Waals surface area contributed by atoms with Gasteiger partial charge in [0.25, 0.3) is 5.91 Å². The molecule has 0 aliphatic carbocycles. The van der Waals surface area contributed by atoms with Crippen LogP contribution in [0.3, 0.4) is 0 Å². The number of ether oxygens (including phenoxy) is 1. The molecule has 1 atom stereocenters. The van der Waals surface area contributed by atoms with E-state index in [4.69, 9.17) is 4.74 Å². The zero-order valence-corrected chi connectivity index (χ0v) is 16.6. The molecule has 1 amide bonds. The summed E-state index contributed by atoms with van der Waals surface area (Å²) < 4.78 is 5.83. The number of nitrogens with zero attached hydrogens (tertiary/aromatic N) is 1. The molecule has 0 bridgehead atoms. The number of hydrogen-bond donors (Lipinski definition) is 1. The molecule has 1 heterocycles. The van der Waals surface area contributed by atoms with Crippen LogP contribution in [0.5, 0.6) is 5.75 Å². The Morgan fingerprint density at radius 1 is 1.00 bits per heavy atom. The van der Waals surface area contributed by atoms with Gasteiger partial charge in [0.15, 0.2) is 0 Å². The first-order valence-electron chi connectivity index (χ1n) is 10.0. The van der Waals surface area contributed by atoms with Gasteiger partial charge in [-0.1, -0.05) is 51.0 Å². The second-order valence-electron chi connectivity index (χ2n) is 7.28. The van der Waals surface area contributed by atoms with Gasteiger partial charge < -0.3 is 15.0 Å². The molecule has 0 spiro atoms. The number of carbonyl (C=O) groups is 1. The SMILES string of the molecule is CCCCCOc1ccc(C2(C)Nc3ccccc3C(=O)N2CCC)cc1. The molecule has 4 nitrogen and oxygen atoms in total. The molecule has 3 rings (SSSR count). The molecule has 1 N–H and O–H groups in total. The molecule has 0 radical (unpaired) electrons. The van der Waals surface area contributed by atoms with E-state index in [1.165, 1.54) is 12.8 Å². The van der Waals surface area contributed by atoms with Crippen molar-refractivity contribution in [3.8, 4) is 5.75 Å². The van der Waals surface area contributed by atoms with Crippen LogP contribution in [0.1, 0.15) is 62.4 Å². The Balaban J connectivity index is 1.85. The third-order valence-corrected chi connectivity index (χ3v) is 5.20. The Hall–Kier alpha value is -2.49. The lowest BCUT2D eigenvalue weighted by Gasteiger charge is -2.46. The average molecular weight is 367 g/mol. The van der Waals surface area contributed by atoms with Crippen molar-refractivity contribution >= 4 is 11.6 Å². The molecule has 0 saturated carbocycles. The molecule has 144 valence electrons. The Morgan fingerprint density at radius 2 is 1.74 bits per heavy atom. The summed E-state index contributed by atoms with van der Waals surface area (Å²) in [5.41, 5.74) is 2.10. The van der Waals surface area contributed by atoms with Gasteiger partial charge in [0.2, 0.25) is 0 Å². The maximum Gasteiger partial charge on any atom is 0.258 e. The van der Waals surface area contributed by atoms with Crippen LogP contribution in [0.15, 0.2) is 48.5 Å². The van der Waals surface area contributed by atoms with Gasteiger partial charge in [-0.25, -0.2) is 0 Å². The molecule has 2 aromatic carbocycles. The molecular weight excluding hydrogens is 336 g/mol. The molecule has 1 aliphatic rings. The number of anilines is 1. The highest BCUT2D eigenvalue weighted by molar-refractivity contribution is 6.02. The number of unbranched alkanes of at least 4 members (excludes halogenated alkanes) is 2. The van der Waals surface area contributed by atoms with Crippen LogP contribution < -0.4 is 10.1 Å². The van der Waals surface area contributed by atoms with Crippen molar-refractivity contribution < 1.29 is 9.53 Å². The molecule has 0 fully saturated rings. The van der Waals surface area contributed by atoms with Gasteiger partial charge in [-0.2, -0.15) is 0 Å². The van der Waals surface area contributed by atoms with Gasteiger partial charge in [-0.3, -0.25) is 4.79 Å². The summed E-state index contributed by atoms with van der Waals surface area (Å²) in [5, 5.41) is 3.60. The lowest BCUT2D eigenvalue weighted by molar-refractivity contribution is 0.0535. The summed E-state index contributed by atoms with van der Waals surface area (Å²) in [6.45, 7) is 7.81. The van der Waals surface area contributed by atoms with Crippen LogP contribution in [0.2, 0.25) is 0 Å². The van der Waals surface area contributed by atoms with Gasteiger partial charge in [-0.15, -0.1) is 0 Å². The quantitative estimate of drug-likeness (QED) is 0.636. The van der Waals surface area contributed by atoms with Gasteiger partial charge >= 0.3 is 0 Å². The maximum atomic E-state index is 13.1. The molecule has 1 aliphatic heterocycles. The number of fused-ring (bicyclic) bond motifs is 1. The van der Waals surface area contributed by atoms with Gasteiger partial charge in [-0.05, 0) is 49.6 Å². The number of amides is 1. The highest BCUT2D eigenvalue weighted by Crippen LogP contribution is 2.38. The Kier molecular flexibility index (Phi) is 6.04. The van der Waals surface area contributed by atoms with E-state index in [0.717, 1.165) is 42.0 Å². The first-order valence-corrected chi connectivity index (χ1v) is 10.0. The minimum absolute atomic E-state index is 0.0774. The predicted molar refractivity (Wildman–Crippen MR) is 110 cm³/mol. The number of hydrogen-bond acceptors (Lipinski definition) is 3. The van der Waals surface area contributed by atoms with Crippen LogP contribution >= 0.6 is 0 Å². The molecule has 2 aromatic rings. The summed E-state index contributed by atoms with van der Waals surface area (Å²) in [6.07, 6.45) is 4.36. The minimum Gasteiger partial charge on any atom is -0.494 e. The van der Waals surface area contributed by atoms with Crippen LogP contribution in [0.25, 0.3) is 0 Å². The van der Waals surface area contributed by atoms with Crippen LogP contribution in [0, 0.1) is 0 Å². The van der Waals surface area contributed by atoms with Crippen molar-refractivity contribution in [1.82, 2.24) is 4.90 Å². The van der Waals surface area contributed by atoms with E-state index >= 15 is 0 Å². The summed E-state index contributed by atoms with van der Waals surface area (Å²) in [6, 6.07) is 15.9. The van der Waals surface area contributed by atoms with Crippen molar-refractivity contribution in [2.45, 2.75) is 52.1 Å². The van der Waals surface area contributed by atoms with Crippen molar-refractivity contribution in [1.29, 1.82) is 0 Å². The molecular formula is C23H30N2O2. The van der Waals surface area contributed by atoms with E-state index in [9.17, 15) is 4.79 Å². The van der Waals surface area contributed by atoms with Crippen molar-refractivity contribution in [3.05, 3.63) is 59.7 Å². The Morgan fingerprint density at radius 3 is 2.44 bits per heavy atom. The third kappa shape index (κ3) is 3.95.